The fourth-order valence-corrected chi connectivity index (χ4v) is 4.41. The second kappa shape index (κ2) is 13.9. The van der Waals surface area contributed by atoms with Gasteiger partial charge in [-0.2, -0.15) is 8.42 Å². The Hall–Kier alpha value is -4.44. The van der Waals surface area contributed by atoms with E-state index >= 15 is 0 Å². The monoisotopic (exact) mass is 550 g/mol. The van der Waals surface area contributed by atoms with E-state index in [4.69, 9.17) is 9.29 Å². The third kappa shape index (κ3) is 9.42. The molecule has 0 saturated heterocycles. The highest BCUT2D eigenvalue weighted by Gasteiger charge is 2.17. The van der Waals surface area contributed by atoms with Crippen molar-refractivity contribution in [3.63, 3.8) is 0 Å². The number of rotatable bonds is 13. The van der Waals surface area contributed by atoms with Crippen LogP contribution in [0.5, 0.6) is 5.75 Å². The number of hydrogen-bond acceptors (Lipinski definition) is 6. The predicted molar refractivity (Wildman–Crippen MR) is 146 cm³/mol. The second-order valence-corrected chi connectivity index (χ2v) is 10.3. The highest BCUT2D eigenvalue weighted by Crippen LogP contribution is 2.20. The highest BCUT2D eigenvalue weighted by molar-refractivity contribution is 7.87. The molecule has 3 aromatic rings. The number of hydrogen-bond donors (Lipinski definition) is 3. The zero-order valence-electron chi connectivity index (χ0n) is 21.4. The Balaban J connectivity index is 1.72. The zero-order chi connectivity index (χ0) is 28.3. The minimum absolute atomic E-state index is 0.00432. The first-order valence-corrected chi connectivity index (χ1v) is 13.7. The molecule has 0 atom stereocenters. The Labute approximate surface area is 227 Å². The van der Waals surface area contributed by atoms with Gasteiger partial charge in [0.2, 0.25) is 0 Å². The summed E-state index contributed by atoms with van der Waals surface area (Å²) in [5, 5.41) is 14.1. The maximum absolute atomic E-state index is 12.9. The molecule has 3 rings (SSSR count). The molecule has 0 aliphatic carbocycles. The van der Waals surface area contributed by atoms with Gasteiger partial charge in [-0.05, 0) is 67.8 Å². The summed E-state index contributed by atoms with van der Waals surface area (Å²) in [5.74, 6) is -1.76. The minimum atomic E-state index is -4.02. The van der Waals surface area contributed by atoms with Gasteiger partial charge in [-0.1, -0.05) is 54.4 Å². The van der Waals surface area contributed by atoms with Crippen molar-refractivity contribution in [2.24, 2.45) is 0 Å². The molecule has 0 bridgehead atoms. The van der Waals surface area contributed by atoms with Crippen molar-refractivity contribution >= 4 is 34.0 Å². The predicted octanol–water partition coefficient (Wildman–Crippen LogP) is 4.29. The molecule has 0 radical (unpaired) electrons. The Bertz CT molecular complexity index is 1420. The van der Waals surface area contributed by atoms with E-state index in [1.54, 1.807) is 54.6 Å². The maximum Gasteiger partial charge on any atom is 0.339 e. The number of carbonyl (C=O) groups excluding carboxylic acids is 2. The third-order valence-corrected chi connectivity index (χ3v) is 6.85. The van der Waals surface area contributed by atoms with Gasteiger partial charge in [-0.25, -0.2) is 0 Å². The van der Waals surface area contributed by atoms with Crippen molar-refractivity contribution in [3.05, 3.63) is 101 Å². The smallest absolute Gasteiger partial charge is 0.339 e. The SMILES string of the molecule is Cc1ccc(S(=O)(=O)Oc2ccc(/C=C(/NC(=O)c3ccccc3)C(=O)NCCCCCC(=O)O)cc2)cc1. The molecule has 3 N–H and O–H groups in total. The van der Waals surface area contributed by atoms with Crippen LogP contribution in [0.2, 0.25) is 0 Å². The summed E-state index contributed by atoms with van der Waals surface area (Å²) in [4.78, 5) is 36.3. The number of amides is 2. The normalized spacial score (nSPS) is 11.5. The van der Waals surface area contributed by atoms with Crippen LogP contribution >= 0.6 is 0 Å². The van der Waals surface area contributed by atoms with E-state index in [1.807, 2.05) is 6.92 Å². The summed E-state index contributed by atoms with van der Waals surface area (Å²) >= 11 is 0. The largest absolute Gasteiger partial charge is 0.481 e. The molecule has 10 heteroatoms. The quantitative estimate of drug-likeness (QED) is 0.164. The van der Waals surface area contributed by atoms with Gasteiger partial charge in [-0.15, -0.1) is 0 Å². The Morgan fingerprint density at radius 2 is 1.54 bits per heavy atom. The van der Waals surface area contributed by atoms with Crippen LogP contribution in [0, 0.1) is 6.92 Å². The van der Waals surface area contributed by atoms with Crippen LogP contribution in [0.4, 0.5) is 0 Å². The molecule has 0 spiro atoms. The van der Waals surface area contributed by atoms with Crippen LogP contribution in [0.1, 0.15) is 47.2 Å². The first-order chi connectivity index (χ1) is 18.6. The molecule has 0 heterocycles. The lowest BCUT2D eigenvalue weighted by molar-refractivity contribution is -0.137. The molecule has 0 aliphatic rings. The summed E-state index contributed by atoms with van der Waals surface area (Å²) in [6, 6.07) is 20.7. The van der Waals surface area contributed by atoms with Crippen molar-refractivity contribution in [1.29, 1.82) is 0 Å². The van der Waals surface area contributed by atoms with Gasteiger partial charge < -0.3 is 19.9 Å². The van der Waals surface area contributed by atoms with E-state index in [9.17, 15) is 22.8 Å². The van der Waals surface area contributed by atoms with Crippen molar-refractivity contribution < 1.29 is 32.1 Å². The molecule has 0 unspecified atom stereocenters. The number of carboxylic acids is 1. The Morgan fingerprint density at radius 1 is 0.872 bits per heavy atom. The average Bonchev–Trinajstić information content (AvgIpc) is 2.91. The first-order valence-electron chi connectivity index (χ1n) is 12.3. The van der Waals surface area contributed by atoms with Crippen LogP contribution in [0.25, 0.3) is 6.08 Å². The molecule has 9 nitrogen and oxygen atoms in total. The standard InChI is InChI=1S/C29H30N2O7S/c1-21-11-17-25(18-12-21)39(36,37)38-24-15-13-22(14-16-24)20-26(31-28(34)23-8-4-2-5-9-23)29(35)30-19-7-3-6-10-27(32)33/h2,4-5,8-9,11-18,20H,3,6-7,10,19H2,1H3,(H,30,35)(H,31,34)(H,32,33)/b26-20+. The van der Waals surface area contributed by atoms with Crippen LogP contribution in [-0.2, 0) is 19.7 Å². The lowest BCUT2D eigenvalue weighted by Gasteiger charge is -2.12. The van der Waals surface area contributed by atoms with Gasteiger partial charge in [0.1, 0.15) is 16.3 Å². The Morgan fingerprint density at radius 3 is 2.18 bits per heavy atom. The molecule has 3 aromatic carbocycles. The number of nitrogens with one attached hydrogen (secondary N) is 2. The number of carboxylic acid groups (broad SMARTS) is 1. The molecular weight excluding hydrogens is 520 g/mol. The lowest BCUT2D eigenvalue weighted by atomic mass is 10.1. The zero-order valence-corrected chi connectivity index (χ0v) is 22.2. The van der Waals surface area contributed by atoms with E-state index in [-0.39, 0.29) is 22.8 Å². The molecule has 39 heavy (non-hydrogen) atoms. The van der Waals surface area contributed by atoms with Crippen LogP contribution in [0.15, 0.2) is 89.5 Å². The van der Waals surface area contributed by atoms with E-state index in [1.165, 1.54) is 30.3 Å². The highest BCUT2D eigenvalue weighted by atomic mass is 32.2. The van der Waals surface area contributed by atoms with Crippen molar-refractivity contribution in [3.8, 4) is 5.75 Å². The lowest BCUT2D eigenvalue weighted by Crippen LogP contribution is -2.35. The van der Waals surface area contributed by atoms with Crippen LogP contribution in [0.3, 0.4) is 0 Å². The van der Waals surface area contributed by atoms with E-state index < -0.39 is 27.9 Å². The molecular formula is C29H30N2O7S. The topological polar surface area (TPSA) is 139 Å². The molecule has 0 saturated carbocycles. The van der Waals surface area contributed by atoms with Gasteiger partial charge in [0, 0.05) is 18.5 Å². The minimum Gasteiger partial charge on any atom is -0.481 e. The molecule has 2 amide bonds. The molecule has 0 aromatic heterocycles. The van der Waals surface area contributed by atoms with E-state index in [2.05, 4.69) is 10.6 Å². The fraction of sp³-hybridized carbons (Fsp3) is 0.207. The van der Waals surface area contributed by atoms with Gasteiger partial charge >= 0.3 is 16.1 Å². The number of benzene rings is 3. The summed E-state index contributed by atoms with van der Waals surface area (Å²) in [6.45, 7) is 2.16. The van der Waals surface area contributed by atoms with E-state index in [0.717, 1.165) is 5.56 Å². The number of unbranched alkanes of at least 4 members (excludes halogenated alkanes) is 2. The van der Waals surface area contributed by atoms with Gasteiger partial charge in [0.15, 0.2) is 0 Å². The van der Waals surface area contributed by atoms with Crippen molar-refractivity contribution in [2.45, 2.75) is 37.5 Å². The first kappa shape index (κ1) is 29.1. The van der Waals surface area contributed by atoms with Crippen LogP contribution in [-0.4, -0.2) is 37.9 Å². The fourth-order valence-electron chi connectivity index (χ4n) is 3.48. The van der Waals surface area contributed by atoms with Gasteiger partial charge in [0.05, 0.1) is 0 Å². The summed E-state index contributed by atoms with van der Waals surface area (Å²) in [7, 11) is -4.02. The number of carbonyl (C=O) groups is 3. The van der Waals surface area contributed by atoms with Crippen molar-refractivity contribution in [2.75, 3.05) is 6.54 Å². The van der Waals surface area contributed by atoms with Crippen LogP contribution < -0.4 is 14.8 Å². The second-order valence-electron chi connectivity index (χ2n) is 8.76. The number of aliphatic carboxylic acids is 1. The summed E-state index contributed by atoms with van der Waals surface area (Å²) in [6.07, 6.45) is 3.26. The summed E-state index contributed by atoms with van der Waals surface area (Å²) < 4.78 is 30.3. The van der Waals surface area contributed by atoms with Crippen molar-refractivity contribution in [1.82, 2.24) is 10.6 Å². The van der Waals surface area contributed by atoms with Gasteiger partial charge in [-0.3, -0.25) is 14.4 Å². The van der Waals surface area contributed by atoms with E-state index in [0.29, 0.717) is 36.9 Å². The molecule has 0 fully saturated rings. The summed E-state index contributed by atoms with van der Waals surface area (Å²) in [5.41, 5.74) is 1.81. The third-order valence-electron chi connectivity index (χ3n) is 5.59. The average molecular weight is 551 g/mol. The Kier molecular flexibility index (Phi) is 10.4. The van der Waals surface area contributed by atoms with Gasteiger partial charge in [0.25, 0.3) is 11.8 Å². The number of aryl methyl sites for hydroxylation is 1. The molecule has 204 valence electrons. The molecule has 0 aliphatic heterocycles. The maximum atomic E-state index is 12.9.